The number of aliphatic carboxylic acids is 1. The standard InChI is InChI=1S/C24H26F4N4O3/c1-14-3-8-19(25)23(29-14)31-11-9-18(10-12-31)35-17-6-4-16(5-7-17)32-20(13-21(33)34)15(2)22(30-32)24(26,27)28/h3-8,15,18,20H,9-13H2,1-2H3,(H,33,34). The van der Waals surface area contributed by atoms with Gasteiger partial charge in [0.25, 0.3) is 0 Å². The van der Waals surface area contributed by atoms with E-state index in [1.54, 1.807) is 30.3 Å². The summed E-state index contributed by atoms with van der Waals surface area (Å²) in [6, 6.07) is 8.49. The molecule has 0 aliphatic carbocycles. The number of aryl methyl sites for hydroxylation is 1. The molecule has 2 unspecified atom stereocenters. The van der Waals surface area contributed by atoms with Gasteiger partial charge in [0.15, 0.2) is 11.6 Å². The highest BCUT2D eigenvalue weighted by molar-refractivity contribution is 5.95. The Balaban J connectivity index is 1.41. The fourth-order valence-electron chi connectivity index (χ4n) is 4.48. The number of carboxylic acids is 1. The van der Waals surface area contributed by atoms with E-state index in [0.29, 0.717) is 43.2 Å². The Morgan fingerprint density at radius 1 is 1.14 bits per heavy atom. The quantitative estimate of drug-likeness (QED) is 0.582. The maximum atomic E-state index is 14.1. The van der Waals surface area contributed by atoms with Crippen molar-refractivity contribution in [3.05, 3.63) is 47.9 Å². The molecule has 0 bridgehead atoms. The van der Waals surface area contributed by atoms with E-state index < -0.39 is 36.2 Å². The lowest BCUT2D eigenvalue weighted by molar-refractivity contribution is -0.137. The molecule has 1 fully saturated rings. The van der Waals surface area contributed by atoms with Gasteiger partial charge >= 0.3 is 12.1 Å². The highest BCUT2D eigenvalue weighted by atomic mass is 19.4. The summed E-state index contributed by atoms with van der Waals surface area (Å²) < 4.78 is 60.2. The number of pyridine rings is 1. The maximum Gasteiger partial charge on any atom is 0.431 e. The molecule has 2 aliphatic heterocycles. The molecule has 0 radical (unpaired) electrons. The summed E-state index contributed by atoms with van der Waals surface area (Å²) in [5.41, 5.74) is 0.102. The fraction of sp³-hybridized carbons (Fsp3) is 0.458. The monoisotopic (exact) mass is 494 g/mol. The SMILES string of the molecule is Cc1ccc(F)c(N2CCC(Oc3ccc(N4N=C(C(F)(F)F)C(C)C4CC(=O)O)cc3)CC2)n1. The molecule has 1 saturated heterocycles. The largest absolute Gasteiger partial charge is 0.490 e. The second kappa shape index (κ2) is 9.71. The number of hydrogen-bond acceptors (Lipinski definition) is 6. The summed E-state index contributed by atoms with van der Waals surface area (Å²) >= 11 is 0. The summed E-state index contributed by atoms with van der Waals surface area (Å²) in [5, 5.41) is 14.0. The van der Waals surface area contributed by atoms with Gasteiger partial charge in [0, 0.05) is 37.5 Å². The molecule has 11 heteroatoms. The van der Waals surface area contributed by atoms with Gasteiger partial charge in [0.05, 0.1) is 18.2 Å². The number of nitrogens with zero attached hydrogens (tertiary/aromatic N) is 4. The molecule has 4 rings (SSSR count). The van der Waals surface area contributed by atoms with Crippen molar-refractivity contribution in [3.8, 4) is 5.75 Å². The number of piperidine rings is 1. The van der Waals surface area contributed by atoms with E-state index in [-0.39, 0.29) is 11.9 Å². The lowest BCUT2D eigenvalue weighted by Crippen LogP contribution is -2.39. The average molecular weight is 494 g/mol. The minimum atomic E-state index is -4.64. The van der Waals surface area contributed by atoms with Crippen LogP contribution in [0.1, 0.15) is 31.9 Å². The minimum Gasteiger partial charge on any atom is -0.490 e. The van der Waals surface area contributed by atoms with Crippen molar-refractivity contribution in [1.82, 2.24) is 4.98 Å². The smallest absolute Gasteiger partial charge is 0.431 e. The highest BCUT2D eigenvalue weighted by Gasteiger charge is 2.48. The molecule has 0 saturated carbocycles. The number of benzene rings is 1. The van der Waals surface area contributed by atoms with Crippen LogP contribution < -0.4 is 14.6 Å². The number of carboxylic acid groups (broad SMARTS) is 1. The Bertz CT molecular complexity index is 1100. The number of alkyl halides is 3. The zero-order valence-corrected chi connectivity index (χ0v) is 19.3. The van der Waals surface area contributed by atoms with Crippen molar-refractivity contribution in [2.24, 2.45) is 11.0 Å². The summed E-state index contributed by atoms with van der Waals surface area (Å²) in [4.78, 5) is 17.4. The third kappa shape index (κ3) is 5.49. The highest BCUT2D eigenvalue weighted by Crippen LogP contribution is 2.37. The van der Waals surface area contributed by atoms with Crippen LogP contribution in [0.5, 0.6) is 5.75 Å². The molecule has 2 aromatic rings. The molecule has 0 spiro atoms. The molecular weight excluding hydrogens is 468 g/mol. The van der Waals surface area contributed by atoms with Gasteiger partial charge in [-0.15, -0.1) is 0 Å². The van der Waals surface area contributed by atoms with Crippen molar-refractivity contribution in [2.75, 3.05) is 23.0 Å². The molecular formula is C24H26F4N4O3. The molecule has 0 amide bonds. The summed E-state index contributed by atoms with van der Waals surface area (Å²) in [5.74, 6) is -1.77. The molecule has 1 aromatic heterocycles. The molecule has 2 atom stereocenters. The summed E-state index contributed by atoms with van der Waals surface area (Å²) in [6.07, 6.45) is -3.91. The number of ether oxygens (including phenoxy) is 1. The minimum absolute atomic E-state index is 0.105. The van der Waals surface area contributed by atoms with Crippen LogP contribution in [0.15, 0.2) is 41.5 Å². The summed E-state index contributed by atoms with van der Waals surface area (Å²) in [6.45, 7) is 4.30. The van der Waals surface area contributed by atoms with Crippen molar-refractivity contribution >= 4 is 23.2 Å². The van der Waals surface area contributed by atoms with E-state index in [2.05, 4.69) is 10.1 Å². The van der Waals surface area contributed by atoms with E-state index in [1.165, 1.54) is 13.0 Å². The molecule has 188 valence electrons. The first-order chi connectivity index (χ1) is 16.5. The Morgan fingerprint density at radius 3 is 2.40 bits per heavy atom. The number of halogens is 4. The van der Waals surface area contributed by atoms with Crippen molar-refractivity contribution in [3.63, 3.8) is 0 Å². The molecule has 1 N–H and O–H groups in total. The predicted molar refractivity (Wildman–Crippen MR) is 122 cm³/mol. The van der Waals surface area contributed by atoms with E-state index in [9.17, 15) is 27.5 Å². The number of hydrazone groups is 1. The number of carbonyl (C=O) groups is 1. The third-order valence-corrected chi connectivity index (χ3v) is 6.32. The number of aromatic nitrogens is 1. The first kappa shape index (κ1) is 24.7. The van der Waals surface area contributed by atoms with Gasteiger partial charge in [-0.05, 0) is 43.3 Å². The maximum absolute atomic E-state index is 14.1. The molecule has 35 heavy (non-hydrogen) atoms. The van der Waals surface area contributed by atoms with Gasteiger partial charge in [0.2, 0.25) is 0 Å². The average Bonchev–Trinajstić information content (AvgIpc) is 3.12. The van der Waals surface area contributed by atoms with Gasteiger partial charge in [-0.25, -0.2) is 9.37 Å². The normalized spacial score (nSPS) is 21.3. The van der Waals surface area contributed by atoms with Crippen LogP contribution in [-0.2, 0) is 4.79 Å². The van der Waals surface area contributed by atoms with Gasteiger partial charge in [-0.1, -0.05) is 6.92 Å². The van der Waals surface area contributed by atoms with Gasteiger partial charge < -0.3 is 14.7 Å². The zero-order chi connectivity index (χ0) is 25.3. The first-order valence-electron chi connectivity index (χ1n) is 11.3. The Morgan fingerprint density at radius 2 is 1.80 bits per heavy atom. The second-order valence-electron chi connectivity index (χ2n) is 8.84. The fourth-order valence-corrected chi connectivity index (χ4v) is 4.48. The Hall–Kier alpha value is -3.37. The lowest BCUT2D eigenvalue weighted by atomic mass is 9.94. The van der Waals surface area contributed by atoms with Crippen LogP contribution in [0.3, 0.4) is 0 Å². The predicted octanol–water partition coefficient (Wildman–Crippen LogP) is 4.79. The van der Waals surface area contributed by atoms with E-state index >= 15 is 0 Å². The van der Waals surface area contributed by atoms with E-state index in [0.717, 1.165) is 10.7 Å². The number of rotatable bonds is 6. The zero-order valence-electron chi connectivity index (χ0n) is 19.3. The van der Waals surface area contributed by atoms with Crippen molar-refractivity contribution < 1.29 is 32.2 Å². The molecule has 7 nitrogen and oxygen atoms in total. The Labute approximate surface area is 200 Å². The number of hydrogen-bond donors (Lipinski definition) is 1. The first-order valence-corrected chi connectivity index (χ1v) is 11.3. The summed E-state index contributed by atoms with van der Waals surface area (Å²) in [7, 11) is 0. The Kier molecular flexibility index (Phi) is 6.86. The van der Waals surface area contributed by atoms with Crippen LogP contribution in [0, 0.1) is 18.7 Å². The van der Waals surface area contributed by atoms with E-state index in [4.69, 9.17) is 4.74 Å². The van der Waals surface area contributed by atoms with Crippen LogP contribution in [0.4, 0.5) is 29.1 Å². The van der Waals surface area contributed by atoms with Crippen LogP contribution in [0.25, 0.3) is 0 Å². The van der Waals surface area contributed by atoms with Gasteiger partial charge in [-0.2, -0.15) is 18.3 Å². The number of anilines is 2. The molecule has 3 heterocycles. The van der Waals surface area contributed by atoms with Crippen molar-refractivity contribution in [2.45, 2.75) is 51.4 Å². The molecule has 1 aromatic carbocycles. The van der Waals surface area contributed by atoms with Crippen LogP contribution >= 0.6 is 0 Å². The second-order valence-corrected chi connectivity index (χ2v) is 8.84. The lowest BCUT2D eigenvalue weighted by Gasteiger charge is -2.33. The van der Waals surface area contributed by atoms with E-state index in [1.807, 2.05) is 11.8 Å². The van der Waals surface area contributed by atoms with Gasteiger partial charge in [0.1, 0.15) is 17.6 Å². The van der Waals surface area contributed by atoms with Crippen LogP contribution in [0.2, 0.25) is 0 Å². The van der Waals surface area contributed by atoms with Crippen LogP contribution in [-0.4, -0.2) is 53.2 Å². The van der Waals surface area contributed by atoms with Crippen molar-refractivity contribution in [1.29, 1.82) is 0 Å². The molecule has 2 aliphatic rings. The third-order valence-electron chi connectivity index (χ3n) is 6.32. The van der Waals surface area contributed by atoms with Gasteiger partial charge in [-0.3, -0.25) is 9.80 Å². The topological polar surface area (TPSA) is 78.3 Å².